The summed E-state index contributed by atoms with van der Waals surface area (Å²) in [7, 11) is 1.89. The second-order valence-electron chi connectivity index (χ2n) is 6.45. The van der Waals surface area contributed by atoms with Gasteiger partial charge in [0, 0.05) is 28.3 Å². The van der Waals surface area contributed by atoms with Crippen LogP contribution < -0.4 is 10.1 Å². The molecule has 27 heavy (non-hydrogen) atoms. The van der Waals surface area contributed by atoms with E-state index in [2.05, 4.69) is 26.3 Å². The number of halogens is 1. The average molecular weight is 428 g/mol. The lowest BCUT2D eigenvalue weighted by Crippen LogP contribution is -2.27. The van der Waals surface area contributed by atoms with E-state index in [0.717, 1.165) is 27.0 Å². The molecule has 1 heterocycles. The van der Waals surface area contributed by atoms with E-state index in [9.17, 15) is 4.79 Å². The van der Waals surface area contributed by atoms with Crippen LogP contribution in [0.4, 0.5) is 0 Å². The minimum Gasteiger partial charge on any atom is -0.489 e. The molecular weight excluding hydrogens is 406 g/mol. The molecule has 0 saturated heterocycles. The van der Waals surface area contributed by atoms with Crippen molar-refractivity contribution in [2.75, 3.05) is 0 Å². The Morgan fingerprint density at radius 2 is 2.04 bits per heavy atom. The molecule has 0 radical (unpaired) electrons. The Morgan fingerprint density at radius 3 is 2.74 bits per heavy atom. The van der Waals surface area contributed by atoms with Crippen molar-refractivity contribution in [1.29, 1.82) is 0 Å². The fourth-order valence-electron chi connectivity index (χ4n) is 2.82. The zero-order chi connectivity index (χ0) is 19.4. The molecular formula is C21H22BrN3O2. The Kier molecular flexibility index (Phi) is 5.96. The molecule has 2 aromatic carbocycles. The molecule has 0 spiro atoms. The largest absolute Gasteiger partial charge is 0.489 e. The molecule has 0 aliphatic carbocycles. The maximum absolute atomic E-state index is 12.6. The van der Waals surface area contributed by atoms with Gasteiger partial charge in [-0.25, -0.2) is 0 Å². The molecule has 1 unspecified atom stereocenters. The van der Waals surface area contributed by atoms with Crippen molar-refractivity contribution in [2.45, 2.75) is 26.5 Å². The summed E-state index contributed by atoms with van der Waals surface area (Å²) in [6.45, 7) is 4.35. The molecule has 3 aromatic rings. The lowest BCUT2D eigenvalue weighted by Gasteiger charge is -2.14. The number of ether oxygens (including phenoxy) is 1. The number of rotatable bonds is 6. The minimum absolute atomic E-state index is 0.116. The van der Waals surface area contributed by atoms with Crippen molar-refractivity contribution in [1.82, 2.24) is 15.1 Å². The predicted octanol–water partition coefficient (Wildman–Crippen LogP) is 4.56. The van der Waals surface area contributed by atoms with Gasteiger partial charge in [0.1, 0.15) is 12.4 Å². The first kappa shape index (κ1) is 19.2. The van der Waals surface area contributed by atoms with E-state index in [4.69, 9.17) is 4.74 Å². The van der Waals surface area contributed by atoms with Crippen LogP contribution in [0.2, 0.25) is 0 Å². The third-order valence-electron chi connectivity index (χ3n) is 4.48. The summed E-state index contributed by atoms with van der Waals surface area (Å²) in [6, 6.07) is 15.0. The highest BCUT2D eigenvalue weighted by molar-refractivity contribution is 9.10. The van der Waals surface area contributed by atoms with Crippen LogP contribution >= 0.6 is 15.9 Å². The van der Waals surface area contributed by atoms with Gasteiger partial charge in [0.15, 0.2) is 0 Å². The number of carbonyl (C=O) groups is 1. The maximum Gasteiger partial charge on any atom is 0.251 e. The van der Waals surface area contributed by atoms with Gasteiger partial charge in [-0.3, -0.25) is 9.48 Å². The molecule has 1 N–H and O–H groups in total. The van der Waals surface area contributed by atoms with Crippen LogP contribution in [-0.4, -0.2) is 15.7 Å². The van der Waals surface area contributed by atoms with Gasteiger partial charge in [0.05, 0.1) is 12.2 Å². The third kappa shape index (κ3) is 4.77. The normalized spacial score (nSPS) is 11.9. The second kappa shape index (κ2) is 8.39. The SMILES string of the molecule is Cc1c(C(C)NC(=O)c2cccc(COc3cccc(Br)c3)c2)cnn1C. The van der Waals surface area contributed by atoms with Crippen LogP contribution in [0, 0.1) is 6.92 Å². The van der Waals surface area contributed by atoms with Crippen molar-refractivity contribution in [3.63, 3.8) is 0 Å². The Bertz CT molecular complexity index is 952. The summed E-state index contributed by atoms with van der Waals surface area (Å²) >= 11 is 3.43. The van der Waals surface area contributed by atoms with Crippen LogP contribution in [0.1, 0.15) is 40.1 Å². The number of hydrogen-bond acceptors (Lipinski definition) is 3. The first-order chi connectivity index (χ1) is 12.9. The molecule has 0 bridgehead atoms. The van der Waals surface area contributed by atoms with Crippen molar-refractivity contribution in [3.8, 4) is 5.75 Å². The summed E-state index contributed by atoms with van der Waals surface area (Å²) < 4.78 is 8.57. The Labute approximate surface area is 167 Å². The highest BCUT2D eigenvalue weighted by Crippen LogP contribution is 2.20. The van der Waals surface area contributed by atoms with Crippen molar-refractivity contribution in [2.24, 2.45) is 7.05 Å². The highest BCUT2D eigenvalue weighted by Gasteiger charge is 2.15. The van der Waals surface area contributed by atoms with Crippen LogP contribution in [0.5, 0.6) is 5.75 Å². The van der Waals surface area contributed by atoms with Gasteiger partial charge in [-0.1, -0.05) is 34.1 Å². The standard InChI is InChI=1S/C21H22BrN3O2/c1-14(20-12-23-25(3)15(20)2)24-21(26)17-7-4-6-16(10-17)13-27-19-9-5-8-18(22)11-19/h4-12,14H,13H2,1-3H3,(H,24,26). The molecule has 3 rings (SSSR count). The minimum atomic E-state index is -0.118. The van der Waals surface area contributed by atoms with E-state index in [1.165, 1.54) is 0 Å². The van der Waals surface area contributed by atoms with Crippen molar-refractivity contribution < 1.29 is 9.53 Å². The fraction of sp³-hybridized carbons (Fsp3) is 0.238. The number of aromatic nitrogens is 2. The van der Waals surface area contributed by atoms with Gasteiger partial charge in [-0.05, 0) is 49.7 Å². The van der Waals surface area contributed by atoms with Crippen LogP contribution in [0.25, 0.3) is 0 Å². The van der Waals surface area contributed by atoms with Crippen LogP contribution in [0.15, 0.2) is 59.2 Å². The smallest absolute Gasteiger partial charge is 0.251 e. The zero-order valence-corrected chi connectivity index (χ0v) is 17.2. The van der Waals surface area contributed by atoms with E-state index in [0.29, 0.717) is 12.2 Å². The van der Waals surface area contributed by atoms with Crippen molar-refractivity contribution in [3.05, 3.63) is 81.6 Å². The van der Waals surface area contributed by atoms with Gasteiger partial charge >= 0.3 is 0 Å². The average Bonchev–Trinajstić information content (AvgIpc) is 2.99. The number of nitrogens with zero attached hydrogens (tertiary/aromatic N) is 2. The van der Waals surface area contributed by atoms with Gasteiger partial charge in [0.25, 0.3) is 5.91 Å². The quantitative estimate of drug-likeness (QED) is 0.626. The summed E-state index contributed by atoms with van der Waals surface area (Å²) in [4.78, 5) is 12.6. The lowest BCUT2D eigenvalue weighted by atomic mass is 10.1. The number of benzene rings is 2. The molecule has 5 nitrogen and oxygen atoms in total. The van der Waals surface area contributed by atoms with E-state index in [-0.39, 0.29) is 11.9 Å². The monoisotopic (exact) mass is 427 g/mol. The Morgan fingerprint density at radius 1 is 1.26 bits per heavy atom. The Hall–Kier alpha value is -2.60. The summed E-state index contributed by atoms with van der Waals surface area (Å²) in [5.74, 6) is 0.662. The molecule has 0 aliphatic rings. The summed E-state index contributed by atoms with van der Waals surface area (Å²) in [5.41, 5.74) is 3.60. The van der Waals surface area contributed by atoms with Crippen molar-refractivity contribution >= 4 is 21.8 Å². The molecule has 0 fully saturated rings. The number of nitrogens with one attached hydrogen (secondary N) is 1. The van der Waals surface area contributed by atoms with Gasteiger partial charge in [0.2, 0.25) is 0 Å². The number of aryl methyl sites for hydroxylation is 1. The Balaban J connectivity index is 1.65. The lowest BCUT2D eigenvalue weighted by molar-refractivity contribution is 0.0939. The molecule has 1 amide bonds. The van der Waals surface area contributed by atoms with Gasteiger partial charge in [-0.2, -0.15) is 5.10 Å². The van der Waals surface area contributed by atoms with Crippen LogP contribution in [0.3, 0.4) is 0 Å². The van der Waals surface area contributed by atoms with Crippen LogP contribution in [-0.2, 0) is 13.7 Å². The number of hydrogen-bond donors (Lipinski definition) is 1. The second-order valence-corrected chi connectivity index (χ2v) is 7.37. The summed E-state index contributed by atoms with van der Waals surface area (Å²) in [6.07, 6.45) is 1.79. The molecule has 0 saturated carbocycles. The predicted molar refractivity (Wildman–Crippen MR) is 109 cm³/mol. The topological polar surface area (TPSA) is 56.1 Å². The molecule has 6 heteroatoms. The van der Waals surface area contributed by atoms with Gasteiger partial charge in [-0.15, -0.1) is 0 Å². The number of carbonyl (C=O) groups excluding carboxylic acids is 1. The summed E-state index contributed by atoms with van der Waals surface area (Å²) in [5, 5.41) is 7.27. The first-order valence-electron chi connectivity index (χ1n) is 8.70. The molecule has 1 aromatic heterocycles. The maximum atomic E-state index is 12.6. The van der Waals surface area contributed by atoms with E-state index >= 15 is 0 Å². The molecule has 1 atom stereocenters. The van der Waals surface area contributed by atoms with E-state index in [1.54, 1.807) is 16.9 Å². The molecule has 140 valence electrons. The number of amides is 1. The fourth-order valence-corrected chi connectivity index (χ4v) is 3.20. The molecule has 0 aliphatic heterocycles. The van der Waals surface area contributed by atoms with Gasteiger partial charge < -0.3 is 10.1 Å². The van der Waals surface area contributed by atoms with E-state index < -0.39 is 0 Å². The third-order valence-corrected chi connectivity index (χ3v) is 4.97. The van der Waals surface area contributed by atoms with E-state index in [1.807, 2.05) is 63.4 Å². The highest BCUT2D eigenvalue weighted by atomic mass is 79.9. The first-order valence-corrected chi connectivity index (χ1v) is 9.50. The zero-order valence-electron chi connectivity index (χ0n) is 15.6.